The molecular weight excluding hydrogens is 440 g/mol. The Labute approximate surface area is 208 Å². The maximum Gasteiger partial charge on any atom is 0.250 e. The average Bonchev–Trinajstić information content (AvgIpc) is 2.90. The van der Waals surface area contributed by atoms with Crippen LogP contribution in [0.15, 0.2) is 42.5 Å². The van der Waals surface area contributed by atoms with Gasteiger partial charge in [0.25, 0.3) is 5.91 Å². The third kappa shape index (κ3) is 4.51. The zero-order chi connectivity index (χ0) is 24.4. The van der Waals surface area contributed by atoms with Crippen molar-refractivity contribution in [2.75, 3.05) is 20.3 Å². The third-order valence-electron chi connectivity index (χ3n) is 7.88. The van der Waals surface area contributed by atoms with E-state index in [0.717, 1.165) is 50.5 Å². The second kappa shape index (κ2) is 10.3. The summed E-state index contributed by atoms with van der Waals surface area (Å²) in [6.07, 6.45) is 8.27. The Balaban J connectivity index is 1.58. The Hall–Kier alpha value is -3.02. The van der Waals surface area contributed by atoms with Gasteiger partial charge in [0.15, 0.2) is 11.5 Å². The van der Waals surface area contributed by atoms with Crippen LogP contribution in [0.25, 0.3) is 0 Å². The quantitative estimate of drug-likeness (QED) is 0.574. The zero-order valence-corrected chi connectivity index (χ0v) is 20.9. The van der Waals surface area contributed by atoms with Crippen molar-refractivity contribution < 1.29 is 19.1 Å². The molecule has 0 N–H and O–H groups in total. The lowest BCUT2D eigenvalue weighted by Crippen LogP contribution is -2.59. The topological polar surface area (TPSA) is 59.1 Å². The van der Waals surface area contributed by atoms with Crippen LogP contribution in [0.2, 0.25) is 0 Å². The summed E-state index contributed by atoms with van der Waals surface area (Å²) in [5.74, 6) is 1.30. The number of ether oxygens (including phenoxy) is 2. The van der Waals surface area contributed by atoms with Crippen LogP contribution in [-0.2, 0) is 16.0 Å². The molecule has 0 unspecified atom stereocenters. The molecule has 2 amide bonds. The molecule has 0 radical (unpaired) electrons. The Bertz CT molecular complexity index is 1080. The number of hydrogen-bond acceptors (Lipinski definition) is 4. The molecule has 2 fully saturated rings. The van der Waals surface area contributed by atoms with Gasteiger partial charge in [-0.25, -0.2) is 0 Å². The molecule has 1 saturated carbocycles. The summed E-state index contributed by atoms with van der Waals surface area (Å²) < 4.78 is 11.3. The largest absolute Gasteiger partial charge is 0.493 e. The normalized spacial score (nSPS) is 23.3. The van der Waals surface area contributed by atoms with Crippen LogP contribution in [-0.4, -0.2) is 47.9 Å². The summed E-state index contributed by atoms with van der Waals surface area (Å²) in [5.41, 5.74) is 3.24. The molecule has 1 aliphatic heterocycles. The van der Waals surface area contributed by atoms with Crippen LogP contribution in [0, 0.1) is 0 Å². The van der Waals surface area contributed by atoms with Gasteiger partial charge in [-0.15, -0.1) is 0 Å². The molecule has 1 heterocycles. The molecule has 0 bridgehead atoms. The highest BCUT2D eigenvalue weighted by atomic mass is 16.5. The molecular formula is C29H36N2O4. The summed E-state index contributed by atoms with van der Waals surface area (Å²) >= 11 is 0. The molecule has 6 nitrogen and oxygen atoms in total. The number of aryl methyl sites for hydroxylation is 1. The van der Waals surface area contributed by atoms with Crippen molar-refractivity contribution in [2.45, 2.75) is 76.4 Å². The number of fused-ring (bicyclic) bond motifs is 1. The summed E-state index contributed by atoms with van der Waals surface area (Å²) in [5, 5.41) is 0. The predicted octanol–water partition coefficient (Wildman–Crippen LogP) is 5.22. The number of carbonyl (C=O) groups excluding carboxylic acids is 2. The van der Waals surface area contributed by atoms with Gasteiger partial charge in [-0.3, -0.25) is 9.59 Å². The van der Waals surface area contributed by atoms with E-state index in [-0.39, 0.29) is 30.4 Å². The molecule has 6 heteroatoms. The fraction of sp³-hybridized carbons (Fsp3) is 0.517. The van der Waals surface area contributed by atoms with Gasteiger partial charge in [-0.05, 0) is 67.9 Å². The highest BCUT2D eigenvalue weighted by molar-refractivity contribution is 5.96. The number of amides is 2. The van der Waals surface area contributed by atoms with Crippen LogP contribution in [0.4, 0.5) is 0 Å². The fourth-order valence-electron chi connectivity index (χ4n) is 6.23. The third-order valence-corrected chi connectivity index (χ3v) is 7.88. The SMILES string of the molecule is CCOc1ccc([C@@H]2C(=O)N(C3CCCCC3)CC(=O)N2[C@H]2CCCc3ccccc32)cc1OC. The maximum absolute atomic E-state index is 14.2. The van der Waals surface area contributed by atoms with E-state index in [2.05, 4.69) is 18.2 Å². The van der Waals surface area contributed by atoms with E-state index in [1.165, 1.54) is 17.5 Å². The van der Waals surface area contributed by atoms with E-state index in [0.29, 0.717) is 18.1 Å². The van der Waals surface area contributed by atoms with Crippen LogP contribution < -0.4 is 9.47 Å². The Morgan fingerprint density at radius 3 is 2.51 bits per heavy atom. The van der Waals surface area contributed by atoms with Crippen LogP contribution in [0.3, 0.4) is 0 Å². The van der Waals surface area contributed by atoms with E-state index < -0.39 is 6.04 Å². The van der Waals surface area contributed by atoms with Gasteiger partial charge in [-0.1, -0.05) is 49.6 Å². The first-order valence-corrected chi connectivity index (χ1v) is 13.1. The fourth-order valence-corrected chi connectivity index (χ4v) is 6.23. The Kier molecular flexibility index (Phi) is 6.98. The number of methoxy groups -OCH3 is 1. The number of benzene rings is 2. The molecule has 2 aliphatic carbocycles. The second-order valence-corrected chi connectivity index (χ2v) is 9.91. The monoisotopic (exact) mass is 476 g/mol. The number of carbonyl (C=O) groups is 2. The van der Waals surface area contributed by atoms with Gasteiger partial charge in [0.1, 0.15) is 12.6 Å². The first kappa shape index (κ1) is 23.7. The van der Waals surface area contributed by atoms with Gasteiger partial charge in [-0.2, -0.15) is 0 Å². The van der Waals surface area contributed by atoms with E-state index in [9.17, 15) is 9.59 Å². The number of nitrogens with zero attached hydrogens (tertiary/aromatic N) is 2. The van der Waals surface area contributed by atoms with E-state index in [4.69, 9.17) is 9.47 Å². The average molecular weight is 477 g/mol. The summed E-state index contributed by atoms with van der Waals surface area (Å²) in [7, 11) is 1.61. The standard InChI is InChI=1S/C29H36N2O4/c1-3-35-25-17-16-21(18-26(25)34-2)28-29(33)30(22-12-5-4-6-13-22)19-27(32)31(28)24-15-9-11-20-10-7-8-14-23(20)24/h7-8,10,14,16-18,22,24,28H,3-6,9,11-13,15,19H2,1-2H3/t24-,28+/m0/s1. The molecule has 2 atom stereocenters. The minimum absolute atomic E-state index is 0.0331. The minimum atomic E-state index is -0.668. The van der Waals surface area contributed by atoms with E-state index in [1.807, 2.05) is 41.0 Å². The summed E-state index contributed by atoms with van der Waals surface area (Å²) in [6, 6.07) is 13.4. The maximum atomic E-state index is 14.2. The van der Waals surface area contributed by atoms with Crippen LogP contribution in [0.5, 0.6) is 11.5 Å². The summed E-state index contributed by atoms with van der Waals surface area (Å²) in [4.78, 5) is 31.9. The highest BCUT2D eigenvalue weighted by Gasteiger charge is 2.46. The first-order valence-electron chi connectivity index (χ1n) is 13.1. The molecule has 0 aromatic heterocycles. The van der Waals surface area contributed by atoms with Crippen molar-refractivity contribution in [3.05, 3.63) is 59.2 Å². The smallest absolute Gasteiger partial charge is 0.250 e. The molecule has 2 aromatic carbocycles. The van der Waals surface area contributed by atoms with Crippen molar-refractivity contribution in [2.24, 2.45) is 0 Å². The van der Waals surface area contributed by atoms with Crippen molar-refractivity contribution >= 4 is 11.8 Å². The lowest BCUT2D eigenvalue weighted by atomic mass is 9.84. The molecule has 0 spiro atoms. The van der Waals surface area contributed by atoms with Gasteiger partial charge in [0.05, 0.1) is 19.8 Å². The van der Waals surface area contributed by atoms with Crippen molar-refractivity contribution in [3.8, 4) is 11.5 Å². The molecule has 186 valence electrons. The van der Waals surface area contributed by atoms with Gasteiger partial charge < -0.3 is 19.3 Å². The van der Waals surface area contributed by atoms with Crippen molar-refractivity contribution in [1.29, 1.82) is 0 Å². The zero-order valence-electron chi connectivity index (χ0n) is 20.9. The Morgan fingerprint density at radius 1 is 0.943 bits per heavy atom. The van der Waals surface area contributed by atoms with Crippen LogP contribution in [0.1, 0.15) is 80.6 Å². The number of hydrogen-bond donors (Lipinski definition) is 0. The van der Waals surface area contributed by atoms with E-state index in [1.54, 1.807) is 7.11 Å². The number of rotatable bonds is 6. The van der Waals surface area contributed by atoms with Crippen molar-refractivity contribution in [1.82, 2.24) is 9.80 Å². The molecule has 35 heavy (non-hydrogen) atoms. The van der Waals surface area contributed by atoms with E-state index >= 15 is 0 Å². The second-order valence-electron chi connectivity index (χ2n) is 9.91. The highest BCUT2D eigenvalue weighted by Crippen LogP contribution is 2.43. The Morgan fingerprint density at radius 2 is 1.74 bits per heavy atom. The van der Waals surface area contributed by atoms with Gasteiger partial charge in [0, 0.05) is 6.04 Å². The lowest BCUT2D eigenvalue weighted by Gasteiger charge is -2.48. The minimum Gasteiger partial charge on any atom is -0.493 e. The van der Waals surface area contributed by atoms with Crippen molar-refractivity contribution in [3.63, 3.8) is 0 Å². The molecule has 1 saturated heterocycles. The molecule has 2 aromatic rings. The number of piperazine rings is 1. The van der Waals surface area contributed by atoms with Gasteiger partial charge >= 0.3 is 0 Å². The molecule has 3 aliphatic rings. The first-order chi connectivity index (χ1) is 17.1. The predicted molar refractivity (Wildman–Crippen MR) is 134 cm³/mol. The summed E-state index contributed by atoms with van der Waals surface area (Å²) in [6.45, 7) is 2.63. The lowest BCUT2D eigenvalue weighted by molar-refractivity contribution is -0.162. The van der Waals surface area contributed by atoms with Gasteiger partial charge in [0.2, 0.25) is 5.91 Å². The molecule has 5 rings (SSSR count). The van der Waals surface area contributed by atoms with Crippen LogP contribution >= 0.6 is 0 Å².